The lowest BCUT2D eigenvalue weighted by Gasteiger charge is -2.08. The first-order chi connectivity index (χ1) is 10.9. The summed E-state index contributed by atoms with van der Waals surface area (Å²) in [5, 5.41) is 7.60. The normalized spacial score (nSPS) is 9.83. The molecule has 0 aliphatic heterocycles. The first-order valence-electron chi connectivity index (χ1n) is 6.69. The monoisotopic (exact) mass is 423 g/mol. The Hall–Kier alpha value is -2.42. The van der Waals surface area contributed by atoms with E-state index in [9.17, 15) is 14.4 Å². The van der Waals surface area contributed by atoms with E-state index in [0.717, 1.165) is 3.57 Å². The largest absolute Gasteiger partial charge is 0.326 e. The summed E-state index contributed by atoms with van der Waals surface area (Å²) in [6.45, 7) is 1.39. The van der Waals surface area contributed by atoms with E-state index in [-0.39, 0.29) is 5.91 Å². The van der Waals surface area contributed by atoms with E-state index in [1.54, 1.807) is 36.4 Å². The van der Waals surface area contributed by atoms with Crippen LogP contribution in [0.25, 0.3) is 0 Å². The molecule has 23 heavy (non-hydrogen) atoms. The Morgan fingerprint density at radius 2 is 1.30 bits per heavy atom. The molecular formula is C16H14IN3O3. The van der Waals surface area contributed by atoms with Crippen LogP contribution < -0.4 is 16.0 Å². The molecule has 0 bridgehead atoms. The molecule has 0 unspecified atom stereocenters. The van der Waals surface area contributed by atoms with Crippen molar-refractivity contribution in [3.8, 4) is 0 Å². The molecule has 0 heterocycles. The van der Waals surface area contributed by atoms with Gasteiger partial charge in [0.2, 0.25) is 5.91 Å². The molecule has 0 fully saturated rings. The van der Waals surface area contributed by atoms with E-state index < -0.39 is 11.8 Å². The summed E-state index contributed by atoms with van der Waals surface area (Å²) in [6.07, 6.45) is 0. The van der Waals surface area contributed by atoms with Gasteiger partial charge in [-0.3, -0.25) is 14.4 Å². The molecule has 7 heteroatoms. The van der Waals surface area contributed by atoms with E-state index in [1.807, 2.05) is 12.1 Å². The van der Waals surface area contributed by atoms with Crippen LogP contribution in [0.3, 0.4) is 0 Å². The van der Waals surface area contributed by atoms with Gasteiger partial charge in [-0.15, -0.1) is 0 Å². The molecule has 2 aromatic rings. The Bertz CT molecular complexity index is 744. The fourth-order valence-electron chi connectivity index (χ4n) is 1.79. The fraction of sp³-hybridized carbons (Fsp3) is 0.0625. The fourth-order valence-corrected chi connectivity index (χ4v) is 2.15. The molecule has 0 radical (unpaired) electrons. The van der Waals surface area contributed by atoms with Crippen molar-refractivity contribution in [1.29, 1.82) is 0 Å². The van der Waals surface area contributed by atoms with Gasteiger partial charge < -0.3 is 16.0 Å². The number of anilines is 3. The molecule has 0 aromatic heterocycles. The minimum atomic E-state index is -0.788. The second-order valence-corrected chi connectivity index (χ2v) is 5.92. The Kier molecular flexibility index (Phi) is 5.69. The van der Waals surface area contributed by atoms with Crippen LogP contribution in [0.1, 0.15) is 6.92 Å². The molecule has 2 aromatic carbocycles. The van der Waals surface area contributed by atoms with Gasteiger partial charge in [0, 0.05) is 27.6 Å². The van der Waals surface area contributed by atoms with Gasteiger partial charge in [-0.25, -0.2) is 0 Å². The number of carbonyl (C=O) groups is 3. The summed E-state index contributed by atoms with van der Waals surface area (Å²) in [5.74, 6) is -1.77. The second-order valence-electron chi connectivity index (χ2n) is 4.68. The predicted molar refractivity (Wildman–Crippen MR) is 97.2 cm³/mol. The highest BCUT2D eigenvalue weighted by molar-refractivity contribution is 14.1. The maximum absolute atomic E-state index is 11.9. The van der Waals surface area contributed by atoms with Crippen molar-refractivity contribution < 1.29 is 14.4 Å². The number of carbonyl (C=O) groups excluding carboxylic acids is 3. The van der Waals surface area contributed by atoms with Gasteiger partial charge >= 0.3 is 11.8 Å². The lowest BCUT2D eigenvalue weighted by molar-refractivity contribution is -0.132. The number of benzene rings is 2. The molecule has 0 aliphatic carbocycles. The van der Waals surface area contributed by atoms with Crippen molar-refractivity contribution in [3.63, 3.8) is 0 Å². The zero-order chi connectivity index (χ0) is 16.8. The van der Waals surface area contributed by atoms with Crippen LogP contribution in [0.2, 0.25) is 0 Å². The third-order valence-electron chi connectivity index (χ3n) is 2.75. The predicted octanol–water partition coefficient (Wildman–Crippen LogP) is 2.83. The van der Waals surface area contributed by atoms with Gasteiger partial charge in [-0.2, -0.15) is 0 Å². The Labute approximate surface area is 146 Å². The highest BCUT2D eigenvalue weighted by Crippen LogP contribution is 2.15. The third kappa shape index (κ3) is 5.37. The van der Waals surface area contributed by atoms with Crippen molar-refractivity contribution in [2.75, 3.05) is 16.0 Å². The van der Waals surface area contributed by atoms with Crippen molar-refractivity contribution in [2.24, 2.45) is 0 Å². The zero-order valence-electron chi connectivity index (χ0n) is 12.2. The highest BCUT2D eigenvalue weighted by Gasteiger charge is 2.14. The maximum Gasteiger partial charge on any atom is 0.314 e. The summed E-state index contributed by atoms with van der Waals surface area (Å²) in [4.78, 5) is 34.8. The summed E-state index contributed by atoms with van der Waals surface area (Å²) in [5.41, 5.74) is 1.49. The summed E-state index contributed by atoms with van der Waals surface area (Å²) in [6, 6.07) is 13.6. The van der Waals surface area contributed by atoms with E-state index in [4.69, 9.17) is 0 Å². The van der Waals surface area contributed by atoms with E-state index in [1.165, 1.54) is 6.92 Å². The van der Waals surface area contributed by atoms with Crippen LogP contribution in [0.5, 0.6) is 0 Å². The van der Waals surface area contributed by atoms with Crippen molar-refractivity contribution in [3.05, 3.63) is 52.1 Å². The van der Waals surface area contributed by atoms with Gasteiger partial charge in [0.25, 0.3) is 0 Å². The molecule has 6 nitrogen and oxygen atoms in total. The Morgan fingerprint density at radius 3 is 1.87 bits per heavy atom. The first kappa shape index (κ1) is 16.9. The van der Waals surface area contributed by atoms with Gasteiger partial charge in [-0.05, 0) is 65.1 Å². The topological polar surface area (TPSA) is 87.3 Å². The molecular weight excluding hydrogens is 409 g/mol. The number of amides is 3. The van der Waals surface area contributed by atoms with Gasteiger partial charge in [0.1, 0.15) is 0 Å². The lowest BCUT2D eigenvalue weighted by Crippen LogP contribution is -2.29. The van der Waals surface area contributed by atoms with Gasteiger partial charge in [0.15, 0.2) is 0 Å². The first-order valence-corrected chi connectivity index (χ1v) is 7.77. The molecule has 118 valence electrons. The number of hydrogen-bond acceptors (Lipinski definition) is 3. The van der Waals surface area contributed by atoms with Crippen LogP contribution in [0, 0.1) is 3.57 Å². The molecule has 3 amide bonds. The van der Waals surface area contributed by atoms with E-state index in [0.29, 0.717) is 17.1 Å². The van der Waals surface area contributed by atoms with Gasteiger partial charge in [0.05, 0.1) is 0 Å². The minimum absolute atomic E-state index is 0.218. The number of nitrogens with one attached hydrogen (secondary N) is 3. The summed E-state index contributed by atoms with van der Waals surface area (Å²) < 4.78 is 1.03. The minimum Gasteiger partial charge on any atom is -0.326 e. The second kappa shape index (κ2) is 7.73. The summed E-state index contributed by atoms with van der Waals surface area (Å²) in [7, 11) is 0. The number of hydrogen-bond donors (Lipinski definition) is 3. The average Bonchev–Trinajstić information content (AvgIpc) is 2.49. The SMILES string of the molecule is CC(=O)Nc1cccc(NC(=O)C(=O)Nc2ccc(I)cc2)c1. The highest BCUT2D eigenvalue weighted by atomic mass is 127. The summed E-state index contributed by atoms with van der Waals surface area (Å²) >= 11 is 2.15. The Balaban J connectivity index is 1.99. The molecule has 0 aliphatic rings. The van der Waals surface area contributed by atoms with Crippen LogP contribution in [0.15, 0.2) is 48.5 Å². The van der Waals surface area contributed by atoms with Crippen LogP contribution in [-0.4, -0.2) is 17.7 Å². The lowest BCUT2D eigenvalue weighted by atomic mass is 10.2. The van der Waals surface area contributed by atoms with E-state index >= 15 is 0 Å². The van der Waals surface area contributed by atoms with Crippen LogP contribution in [0.4, 0.5) is 17.1 Å². The van der Waals surface area contributed by atoms with Gasteiger partial charge in [-0.1, -0.05) is 6.07 Å². The number of rotatable bonds is 3. The quantitative estimate of drug-likeness (QED) is 0.524. The van der Waals surface area contributed by atoms with Crippen molar-refractivity contribution in [1.82, 2.24) is 0 Å². The smallest absolute Gasteiger partial charge is 0.314 e. The maximum atomic E-state index is 11.9. The zero-order valence-corrected chi connectivity index (χ0v) is 14.4. The third-order valence-corrected chi connectivity index (χ3v) is 3.47. The molecule has 3 N–H and O–H groups in total. The Morgan fingerprint density at radius 1 is 0.783 bits per heavy atom. The molecule has 0 spiro atoms. The van der Waals surface area contributed by atoms with Crippen molar-refractivity contribution >= 4 is 57.4 Å². The molecule has 0 saturated heterocycles. The average molecular weight is 423 g/mol. The molecule has 0 saturated carbocycles. The number of halogens is 1. The van der Waals surface area contributed by atoms with Crippen molar-refractivity contribution in [2.45, 2.75) is 6.92 Å². The van der Waals surface area contributed by atoms with Crippen LogP contribution >= 0.6 is 22.6 Å². The van der Waals surface area contributed by atoms with E-state index in [2.05, 4.69) is 38.5 Å². The van der Waals surface area contributed by atoms with Crippen LogP contribution in [-0.2, 0) is 14.4 Å². The standard InChI is InChI=1S/C16H14IN3O3/c1-10(21)18-13-3-2-4-14(9-13)20-16(23)15(22)19-12-7-5-11(17)6-8-12/h2-9H,1H3,(H,18,21)(H,19,22)(H,20,23). The molecule has 0 atom stereocenters. The molecule has 2 rings (SSSR count).